The predicted molar refractivity (Wildman–Crippen MR) is 189 cm³/mol. The number of hydrogen-bond donors (Lipinski definition) is 3. The Bertz CT molecular complexity index is 1310. The number of piperidine rings is 1. The van der Waals surface area contributed by atoms with Crippen molar-refractivity contribution in [2.24, 2.45) is 0 Å². The largest absolute Gasteiger partial charge is 0.388 e. The first kappa shape index (κ1) is 38.6. The summed E-state index contributed by atoms with van der Waals surface area (Å²) in [4.78, 5) is 13.1. The van der Waals surface area contributed by atoms with Gasteiger partial charge in [0.2, 0.25) is 0 Å². The van der Waals surface area contributed by atoms with Gasteiger partial charge in [0.25, 0.3) is 0 Å². The molecule has 248 valence electrons. The molecule has 45 heavy (non-hydrogen) atoms. The van der Waals surface area contributed by atoms with E-state index in [-0.39, 0.29) is 5.82 Å². The van der Waals surface area contributed by atoms with Crippen LogP contribution in [-0.4, -0.2) is 78.4 Å². The van der Waals surface area contributed by atoms with Gasteiger partial charge < -0.3 is 20.6 Å². The third-order valence-corrected chi connectivity index (χ3v) is 7.68. The summed E-state index contributed by atoms with van der Waals surface area (Å²) in [5.41, 5.74) is 4.27. The Hall–Kier alpha value is -2.59. The van der Waals surface area contributed by atoms with E-state index >= 15 is 0 Å². The van der Waals surface area contributed by atoms with Crippen molar-refractivity contribution in [3.05, 3.63) is 87.9 Å². The number of benzene rings is 1. The average molecular weight is 662 g/mol. The lowest BCUT2D eigenvalue weighted by Crippen LogP contribution is -2.49. The summed E-state index contributed by atoms with van der Waals surface area (Å²) in [5, 5.41) is 18.0. The van der Waals surface area contributed by atoms with Gasteiger partial charge in [0, 0.05) is 79.9 Å². The SMILES string of the molecule is C=CC.CC.CNCC1(O)CCN(Cc2cc(C)nc(-c3cc(Cl)cc(Cl)c3)c2)CC1.Cc1cnc(N2CCNCC2)c(F)c1. The monoisotopic (exact) mass is 660 g/mol. The third kappa shape index (κ3) is 13.0. The second kappa shape index (κ2) is 19.8. The Labute approximate surface area is 279 Å². The molecule has 10 heteroatoms. The first-order valence-corrected chi connectivity index (χ1v) is 16.5. The van der Waals surface area contributed by atoms with Gasteiger partial charge in [0.1, 0.15) is 0 Å². The highest BCUT2D eigenvalue weighted by Gasteiger charge is 2.31. The molecule has 0 amide bonds. The zero-order chi connectivity index (χ0) is 33.4. The van der Waals surface area contributed by atoms with Gasteiger partial charge in [-0.1, -0.05) is 43.1 Å². The van der Waals surface area contributed by atoms with Crippen LogP contribution in [0.15, 0.2) is 55.3 Å². The van der Waals surface area contributed by atoms with Crippen LogP contribution in [0.25, 0.3) is 11.3 Å². The molecule has 0 aliphatic carbocycles. The fourth-order valence-corrected chi connectivity index (χ4v) is 5.73. The van der Waals surface area contributed by atoms with E-state index in [4.69, 9.17) is 23.2 Å². The second-order valence-corrected chi connectivity index (χ2v) is 12.0. The zero-order valence-corrected chi connectivity index (χ0v) is 29.3. The smallest absolute Gasteiger partial charge is 0.165 e. The number of aromatic nitrogens is 2. The summed E-state index contributed by atoms with van der Waals surface area (Å²) >= 11 is 12.3. The molecule has 0 saturated carbocycles. The van der Waals surface area contributed by atoms with Gasteiger partial charge in [-0.2, -0.15) is 0 Å². The third-order valence-electron chi connectivity index (χ3n) is 7.25. The van der Waals surface area contributed by atoms with Gasteiger partial charge in [-0.05, 0) is 88.2 Å². The van der Waals surface area contributed by atoms with E-state index in [1.807, 2.05) is 58.7 Å². The number of pyridine rings is 2. The maximum absolute atomic E-state index is 13.5. The van der Waals surface area contributed by atoms with Gasteiger partial charge in [-0.15, -0.1) is 6.58 Å². The molecule has 0 spiro atoms. The normalized spacial score (nSPS) is 15.8. The van der Waals surface area contributed by atoms with Crippen LogP contribution < -0.4 is 15.5 Å². The number of hydrogen-bond acceptors (Lipinski definition) is 7. The van der Waals surface area contributed by atoms with E-state index in [1.54, 1.807) is 18.3 Å². The summed E-state index contributed by atoms with van der Waals surface area (Å²) < 4.78 is 13.5. The molecule has 2 fully saturated rings. The minimum absolute atomic E-state index is 0.216. The Balaban J connectivity index is 0.000000311. The molecule has 2 saturated heterocycles. The van der Waals surface area contributed by atoms with Gasteiger partial charge in [0.15, 0.2) is 11.6 Å². The molecule has 2 aliphatic heterocycles. The molecule has 0 bridgehead atoms. The molecule has 4 heterocycles. The first-order valence-electron chi connectivity index (χ1n) is 15.7. The van der Waals surface area contributed by atoms with Crippen molar-refractivity contribution in [2.75, 3.05) is 57.8 Å². The number of nitrogens with one attached hydrogen (secondary N) is 2. The number of likely N-dealkylation sites (N-methyl/N-ethyl adjacent to an activating group) is 1. The molecule has 3 aromatic rings. The standard InChI is InChI=1S/C20H25Cl2N3O.C10H14FN3.C3H6.C2H6/c1-14-7-15(12-25-5-3-20(26,4-6-25)13-23-2)8-19(24-14)16-9-17(21)11-18(22)10-16;1-8-6-9(11)10(13-7-8)14-4-2-12-3-5-14;1-3-2;1-2/h7-11,23,26H,3-6,12-13H2,1-2H3;6-7,12H,2-5H2,1H3;3H,1H2,2H3;1-2H3. The molecular formula is C35H51Cl2FN6O. The van der Waals surface area contributed by atoms with Crippen molar-refractivity contribution in [3.63, 3.8) is 0 Å². The van der Waals surface area contributed by atoms with Crippen molar-refractivity contribution in [1.29, 1.82) is 0 Å². The van der Waals surface area contributed by atoms with Gasteiger partial charge in [-0.25, -0.2) is 9.37 Å². The summed E-state index contributed by atoms with van der Waals surface area (Å²) in [6.07, 6.45) is 5.03. The highest BCUT2D eigenvalue weighted by molar-refractivity contribution is 6.35. The van der Waals surface area contributed by atoms with Crippen LogP contribution in [0.4, 0.5) is 10.2 Å². The number of piperazine rings is 1. The summed E-state index contributed by atoms with van der Waals surface area (Å²) in [7, 11) is 1.88. The number of aliphatic hydroxyl groups is 1. The number of rotatable bonds is 6. The molecule has 7 nitrogen and oxygen atoms in total. The summed E-state index contributed by atoms with van der Waals surface area (Å²) in [5.74, 6) is 0.268. The molecule has 2 aliphatic rings. The van der Waals surface area contributed by atoms with Crippen molar-refractivity contribution < 1.29 is 9.50 Å². The van der Waals surface area contributed by atoms with Gasteiger partial charge in [0.05, 0.1) is 11.3 Å². The quantitative estimate of drug-likeness (QED) is 0.244. The van der Waals surface area contributed by atoms with Crippen molar-refractivity contribution in [3.8, 4) is 11.3 Å². The molecule has 0 radical (unpaired) electrons. The van der Waals surface area contributed by atoms with Crippen LogP contribution in [0, 0.1) is 19.7 Å². The van der Waals surface area contributed by atoms with Crippen molar-refractivity contribution in [1.82, 2.24) is 25.5 Å². The maximum atomic E-state index is 13.5. The maximum Gasteiger partial charge on any atom is 0.165 e. The molecule has 0 unspecified atom stereocenters. The van der Waals surface area contributed by atoms with Gasteiger partial charge >= 0.3 is 0 Å². The Morgan fingerprint density at radius 1 is 1.02 bits per heavy atom. The zero-order valence-electron chi connectivity index (χ0n) is 27.8. The highest BCUT2D eigenvalue weighted by atomic mass is 35.5. The van der Waals surface area contributed by atoms with E-state index in [0.717, 1.165) is 81.2 Å². The minimum Gasteiger partial charge on any atom is -0.388 e. The predicted octanol–water partition coefficient (Wildman–Crippen LogP) is 7.07. The van der Waals surface area contributed by atoms with Crippen molar-refractivity contribution >= 4 is 29.0 Å². The number of nitrogens with zero attached hydrogens (tertiary/aromatic N) is 4. The lowest BCUT2D eigenvalue weighted by molar-refractivity contribution is -0.0203. The van der Waals surface area contributed by atoms with Crippen LogP contribution in [0.2, 0.25) is 10.0 Å². The first-order chi connectivity index (χ1) is 21.6. The van der Waals surface area contributed by atoms with Crippen LogP contribution in [0.1, 0.15) is 50.4 Å². The molecule has 2 aromatic heterocycles. The highest BCUT2D eigenvalue weighted by Crippen LogP contribution is 2.28. The van der Waals surface area contributed by atoms with Crippen LogP contribution in [0.3, 0.4) is 0 Å². The van der Waals surface area contributed by atoms with E-state index in [2.05, 4.69) is 44.2 Å². The van der Waals surface area contributed by atoms with Crippen LogP contribution in [-0.2, 0) is 6.54 Å². The van der Waals surface area contributed by atoms with Gasteiger partial charge in [-0.3, -0.25) is 9.88 Å². The number of halogens is 3. The minimum atomic E-state index is -0.581. The fourth-order valence-electron chi connectivity index (χ4n) is 5.21. The average Bonchev–Trinajstić information content (AvgIpc) is 3.00. The Kier molecular flexibility index (Phi) is 17.0. The van der Waals surface area contributed by atoms with E-state index in [0.29, 0.717) is 22.4 Å². The lowest BCUT2D eigenvalue weighted by Gasteiger charge is -2.38. The Morgan fingerprint density at radius 3 is 2.18 bits per heavy atom. The molecule has 1 aromatic carbocycles. The summed E-state index contributed by atoms with van der Waals surface area (Å²) in [6.45, 7) is 19.8. The van der Waals surface area contributed by atoms with Crippen LogP contribution in [0.5, 0.6) is 0 Å². The van der Waals surface area contributed by atoms with E-state index in [9.17, 15) is 9.50 Å². The second-order valence-electron chi connectivity index (χ2n) is 11.2. The fraction of sp³-hybridized carbons (Fsp3) is 0.486. The molecule has 3 N–H and O–H groups in total. The number of likely N-dealkylation sites (tertiary alicyclic amines) is 1. The van der Waals surface area contributed by atoms with E-state index < -0.39 is 5.60 Å². The van der Waals surface area contributed by atoms with E-state index in [1.165, 1.54) is 11.6 Å². The molecule has 5 rings (SSSR count). The topological polar surface area (TPSA) is 76.5 Å². The Morgan fingerprint density at radius 2 is 1.62 bits per heavy atom. The van der Waals surface area contributed by atoms with Crippen LogP contribution >= 0.6 is 23.2 Å². The number of allylic oxidation sites excluding steroid dienone is 1. The summed E-state index contributed by atoms with van der Waals surface area (Å²) in [6, 6.07) is 11.2. The molecule has 0 atom stereocenters. The lowest BCUT2D eigenvalue weighted by atomic mass is 9.91. The molecular weight excluding hydrogens is 610 g/mol. The van der Waals surface area contributed by atoms with Crippen molar-refractivity contribution in [2.45, 2.75) is 59.6 Å². The number of anilines is 1. The number of aryl methyl sites for hydroxylation is 2.